The number of methoxy groups -OCH3 is 1. The van der Waals surface area contributed by atoms with Gasteiger partial charge in [0, 0.05) is 26.2 Å². The minimum absolute atomic E-state index is 0.278. The summed E-state index contributed by atoms with van der Waals surface area (Å²) in [7, 11) is 5.38. The molecule has 0 radical (unpaired) electrons. The first-order valence-electron chi connectivity index (χ1n) is 5.28. The van der Waals surface area contributed by atoms with Gasteiger partial charge in [-0.25, -0.2) is 0 Å². The third kappa shape index (κ3) is 3.35. The van der Waals surface area contributed by atoms with Crippen LogP contribution in [0.5, 0.6) is 5.75 Å². The number of hydrogen-bond acceptors (Lipinski definition) is 4. The third-order valence-electron chi connectivity index (χ3n) is 2.53. The summed E-state index contributed by atoms with van der Waals surface area (Å²) in [6, 6.07) is 4.65. The van der Waals surface area contributed by atoms with Crippen LogP contribution in [0.2, 0.25) is 0 Å². The third-order valence-corrected chi connectivity index (χ3v) is 2.53. The normalized spacial score (nSPS) is 12.0. The van der Waals surface area contributed by atoms with Gasteiger partial charge in [0.05, 0.1) is 7.11 Å². The number of hydrogen-bond donors (Lipinski definition) is 2. The number of benzene rings is 1. The molecule has 0 spiro atoms. The Morgan fingerprint density at radius 1 is 1.53 bits per heavy atom. The van der Waals surface area contributed by atoms with Crippen LogP contribution in [0.4, 0.5) is 5.69 Å². The molecular weight excluding hydrogens is 220 g/mol. The van der Waals surface area contributed by atoms with Gasteiger partial charge in [0.1, 0.15) is 11.8 Å². The molecule has 0 fully saturated rings. The molecule has 1 aromatic carbocycles. The van der Waals surface area contributed by atoms with E-state index in [9.17, 15) is 4.79 Å². The van der Waals surface area contributed by atoms with E-state index in [1.807, 2.05) is 37.2 Å². The molecule has 0 saturated carbocycles. The number of aliphatic carboxylic acids is 1. The molecule has 0 amide bonds. The summed E-state index contributed by atoms with van der Waals surface area (Å²) >= 11 is 0. The van der Waals surface area contributed by atoms with Gasteiger partial charge in [0.25, 0.3) is 0 Å². The predicted molar refractivity (Wildman–Crippen MR) is 66.6 cm³/mol. The molecule has 5 heteroatoms. The van der Waals surface area contributed by atoms with Crippen molar-refractivity contribution in [1.29, 1.82) is 0 Å². The van der Waals surface area contributed by atoms with Crippen LogP contribution in [0.15, 0.2) is 18.2 Å². The standard InChI is InChI=1S/C12H18N2O3/c1-14(2)11-5-4-9(17-3)6-8(11)7-10(13)12(15)16/h4-6,10H,7,13H2,1-3H3,(H,15,16). The minimum Gasteiger partial charge on any atom is -0.497 e. The van der Waals surface area contributed by atoms with E-state index in [1.54, 1.807) is 7.11 Å². The van der Waals surface area contributed by atoms with Crippen LogP contribution in [-0.2, 0) is 11.2 Å². The number of anilines is 1. The highest BCUT2D eigenvalue weighted by atomic mass is 16.5. The number of carbonyl (C=O) groups is 1. The van der Waals surface area contributed by atoms with Gasteiger partial charge in [0.2, 0.25) is 0 Å². The van der Waals surface area contributed by atoms with Crippen molar-refractivity contribution in [2.45, 2.75) is 12.5 Å². The molecule has 0 aliphatic heterocycles. The van der Waals surface area contributed by atoms with Crippen molar-refractivity contribution in [2.75, 3.05) is 26.1 Å². The zero-order valence-electron chi connectivity index (χ0n) is 10.3. The Morgan fingerprint density at radius 2 is 2.18 bits per heavy atom. The molecule has 3 N–H and O–H groups in total. The Morgan fingerprint density at radius 3 is 2.65 bits per heavy atom. The summed E-state index contributed by atoms with van der Waals surface area (Å²) in [6.07, 6.45) is 0.278. The first kappa shape index (κ1) is 13.3. The van der Waals surface area contributed by atoms with Crippen molar-refractivity contribution >= 4 is 11.7 Å². The SMILES string of the molecule is COc1ccc(N(C)C)c(CC(N)C(=O)O)c1. The lowest BCUT2D eigenvalue weighted by molar-refractivity contribution is -0.138. The fourth-order valence-corrected chi connectivity index (χ4v) is 1.61. The van der Waals surface area contributed by atoms with E-state index in [0.717, 1.165) is 11.3 Å². The fraction of sp³-hybridized carbons (Fsp3) is 0.417. The average Bonchev–Trinajstić information content (AvgIpc) is 2.28. The average molecular weight is 238 g/mol. The van der Waals surface area contributed by atoms with Crippen molar-refractivity contribution in [1.82, 2.24) is 0 Å². The van der Waals surface area contributed by atoms with Crippen molar-refractivity contribution in [3.05, 3.63) is 23.8 Å². The lowest BCUT2D eigenvalue weighted by Crippen LogP contribution is -2.32. The van der Waals surface area contributed by atoms with Crippen molar-refractivity contribution in [2.24, 2.45) is 5.73 Å². The largest absolute Gasteiger partial charge is 0.497 e. The second kappa shape index (κ2) is 5.54. The lowest BCUT2D eigenvalue weighted by atomic mass is 10.0. The Labute approximate surface area is 101 Å². The van der Waals surface area contributed by atoms with Gasteiger partial charge in [-0.15, -0.1) is 0 Å². The molecule has 5 nitrogen and oxygen atoms in total. The van der Waals surface area contributed by atoms with E-state index >= 15 is 0 Å². The maximum absolute atomic E-state index is 10.8. The highest BCUT2D eigenvalue weighted by molar-refractivity contribution is 5.74. The molecule has 0 aromatic heterocycles. The Kier molecular flexibility index (Phi) is 4.34. The first-order chi connectivity index (χ1) is 7.95. The molecule has 0 bridgehead atoms. The number of carboxylic acid groups (broad SMARTS) is 1. The molecule has 1 aromatic rings. The van der Waals surface area contributed by atoms with E-state index in [-0.39, 0.29) is 6.42 Å². The molecule has 0 aliphatic carbocycles. The highest BCUT2D eigenvalue weighted by Gasteiger charge is 2.15. The first-order valence-corrected chi connectivity index (χ1v) is 5.28. The molecular formula is C12H18N2O3. The van der Waals surface area contributed by atoms with Crippen LogP contribution in [0, 0.1) is 0 Å². The Hall–Kier alpha value is -1.75. The van der Waals surface area contributed by atoms with Gasteiger partial charge in [-0.05, 0) is 23.8 Å². The molecule has 94 valence electrons. The zero-order valence-corrected chi connectivity index (χ0v) is 10.3. The lowest BCUT2D eigenvalue weighted by Gasteiger charge is -2.19. The Balaban J connectivity index is 3.04. The second-order valence-corrected chi connectivity index (χ2v) is 4.04. The van der Waals surface area contributed by atoms with Gasteiger partial charge in [-0.1, -0.05) is 0 Å². The van der Waals surface area contributed by atoms with E-state index in [2.05, 4.69) is 0 Å². The summed E-state index contributed by atoms with van der Waals surface area (Å²) in [5.74, 6) is -0.305. The van der Waals surface area contributed by atoms with Gasteiger partial charge < -0.3 is 20.5 Å². The van der Waals surface area contributed by atoms with Gasteiger partial charge >= 0.3 is 5.97 Å². The minimum atomic E-state index is -1.00. The molecule has 17 heavy (non-hydrogen) atoms. The summed E-state index contributed by atoms with van der Waals surface area (Å²) in [4.78, 5) is 12.7. The van der Waals surface area contributed by atoms with Gasteiger partial charge in [-0.2, -0.15) is 0 Å². The van der Waals surface area contributed by atoms with Crippen LogP contribution in [0.3, 0.4) is 0 Å². The van der Waals surface area contributed by atoms with Crippen LogP contribution in [0.1, 0.15) is 5.56 Å². The van der Waals surface area contributed by atoms with Crippen molar-refractivity contribution in [3.8, 4) is 5.75 Å². The maximum Gasteiger partial charge on any atom is 0.320 e. The van der Waals surface area contributed by atoms with E-state index in [0.29, 0.717) is 5.75 Å². The fourth-order valence-electron chi connectivity index (χ4n) is 1.61. The number of carboxylic acids is 1. The molecule has 1 rings (SSSR count). The number of nitrogens with zero attached hydrogens (tertiary/aromatic N) is 1. The predicted octanol–water partition coefficient (Wildman–Crippen LogP) is 0.716. The molecule has 1 atom stereocenters. The quantitative estimate of drug-likeness (QED) is 0.790. The van der Waals surface area contributed by atoms with Crippen molar-refractivity contribution in [3.63, 3.8) is 0 Å². The van der Waals surface area contributed by atoms with Crippen LogP contribution < -0.4 is 15.4 Å². The van der Waals surface area contributed by atoms with Gasteiger partial charge in [0.15, 0.2) is 0 Å². The van der Waals surface area contributed by atoms with Crippen LogP contribution in [-0.4, -0.2) is 38.3 Å². The highest BCUT2D eigenvalue weighted by Crippen LogP contribution is 2.25. The van der Waals surface area contributed by atoms with Crippen LogP contribution >= 0.6 is 0 Å². The van der Waals surface area contributed by atoms with E-state index in [4.69, 9.17) is 15.6 Å². The summed E-state index contributed by atoms with van der Waals surface area (Å²) in [6.45, 7) is 0. The van der Waals surface area contributed by atoms with E-state index < -0.39 is 12.0 Å². The maximum atomic E-state index is 10.8. The topological polar surface area (TPSA) is 75.8 Å². The number of nitrogens with two attached hydrogens (primary N) is 1. The van der Waals surface area contributed by atoms with Crippen LogP contribution in [0.25, 0.3) is 0 Å². The summed E-state index contributed by atoms with van der Waals surface area (Å²) in [5.41, 5.74) is 7.36. The molecule has 1 unspecified atom stereocenters. The number of rotatable bonds is 5. The van der Waals surface area contributed by atoms with Gasteiger partial charge in [-0.3, -0.25) is 4.79 Å². The van der Waals surface area contributed by atoms with E-state index in [1.165, 1.54) is 0 Å². The molecule has 0 saturated heterocycles. The summed E-state index contributed by atoms with van der Waals surface area (Å²) < 4.78 is 5.12. The Bertz CT molecular complexity index is 405. The molecule has 0 heterocycles. The monoisotopic (exact) mass is 238 g/mol. The summed E-state index contributed by atoms with van der Waals surface area (Å²) in [5, 5.41) is 8.83. The second-order valence-electron chi connectivity index (χ2n) is 4.04. The smallest absolute Gasteiger partial charge is 0.320 e. The van der Waals surface area contributed by atoms with Crippen molar-refractivity contribution < 1.29 is 14.6 Å². The zero-order chi connectivity index (χ0) is 13.0. The number of ether oxygens (including phenoxy) is 1. The molecule has 0 aliphatic rings.